The highest BCUT2D eigenvalue weighted by Crippen LogP contribution is 2.41. The first kappa shape index (κ1) is 17.5. The molecule has 4 rings (SSSR count). The second-order valence-corrected chi connectivity index (χ2v) is 7.27. The molecule has 2 N–H and O–H groups in total. The van der Waals surface area contributed by atoms with E-state index in [4.69, 9.17) is 0 Å². The van der Waals surface area contributed by atoms with Crippen LogP contribution in [0.1, 0.15) is 37.7 Å². The molecule has 3 aromatic rings. The van der Waals surface area contributed by atoms with Gasteiger partial charge in [0.05, 0.1) is 6.20 Å². The zero-order valence-corrected chi connectivity index (χ0v) is 15.3. The van der Waals surface area contributed by atoms with E-state index in [0.29, 0.717) is 12.4 Å². The van der Waals surface area contributed by atoms with E-state index in [2.05, 4.69) is 63.1 Å². The number of amides is 2. The maximum Gasteiger partial charge on any atom is 0.320 e. The Labute approximate surface area is 159 Å². The minimum atomic E-state index is -0.235. The molecule has 0 radical (unpaired) electrons. The lowest BCUT2D eigenvalue weighted by Crippen LogP contribution is -2.43. The minimum absolute atomic E-state index is 0.0289. The largest absolute Gasteiger partial charge is 0.337 e. The lowest BCUT2D eigenvalue weighted by molar-refractivity contribution is 0.240. The number of urea groups is 1. The number of benzene rings is 2. The van der Waals surface area contributed by atoms with Gasteiger partial charge in [0.2, 0.25) is 0 Å². The zero-order valence-electron chi connectivity index (χ0n) is 15.3. The van der Waals surface area contributed by atoms with Crippen molar-refractivity contribution in [2.24, 2.45) is 0 Å². The highest BCUT2D eigenvalue weighted by atomic mass is 16.2. The summed E-state index contributed by atoms with van der Waals surface area (Å²) in [5.41, 5.74) is 1.32. The summed E-state index contributed by atoms with van der Waals surface area (Å²) < 4.78 is 0. The molecule has 1 aliphatic carbocycles. The molecule has 1 aromatic heterocycles. The number of nitrogens with one attached hydrogen (secondary N) is 2. The Hall–Kier alpha value is -2.95. The molecule has 0 saturated heterocycles. The van der Waals surface area contributed by atoms with Crippen molar-refractivity contribution >= 4 is 22.6 Å². The van der Waals surface area contributed by atoms with E-state index >= 15 is 0 Å². The summed E-state index contributed by atoms with van der Waals surface area (Å²) in [6.07, 6.45) is 10.5. The molecule has 5 heteroatoms. The van der Waals surface area contributed by atoms with Gasteiger partial charge in [-0.15, -0.1) is 0 Å². The number of hydrogen-bond donors (Lipinski definition) is 2. The van der Waals surface area contributed by atoms with Crippen LogP contribution in [0.2, 0.25) is 0 Å². The Kier molecular flexibility index (Phi) is 5.01. The van der Waals surface area contributed by atoms with E-state index in [1.807, 2.05) is 0 Å². The molecule has 0 spiro atoms. The van der Waals surface area contributed by atoms with E-state index in [9.17, 15) is 4.79 Å². The fourth-order valence-electron chi connectivity index (χ4n) is 4.23. The Balaban J connectivity index is 1.58. The summed E-state index contributed by atoms with van der Waals surface area (Å²) in [4.78, 5) is 20.5. The van der Waals surface area contributed by atoms with Crippen LogP contribution < -0.4 is 10.6 Å². The van der Waals surface area contributed by atoms with Crippen LogP contribution in [0.3, 0.4) is 0 Å². The van der Waals surface area contributed by atoms with Gasteiger partial charge in [-0.05, 0) is 29.2 Å². The fraction of sp³-hybridized carbons (Fsp3) is 0.318. The monoisotopic (exact) mass is 360 g/mol. The Bertz CT molecular complexity index is 915. The molecular weight excluding hydrogens is 336 g/mol. The lowest BCUT2D eigenvalue weighted by atomic mass is 9.68. The van der Waals surface area contributed by atoms with E-state index in [1.54, 1.807) is 18.6 Å². The highest BCUT2D eigenvalue weighted by molar-refractivity contribution is 5.89. The van der Waals surface area contributed by atoms with Crippen molar-refractivity contribution in [2.45, 2.75) is 37.5 Å². The second-order valence-electron chi connectivity index (χ2n) is 7.27. The van der Waals surface area contributed by atoms with Gasteiger partial charge in [-0.3, -0.25) is 10.3 Å². The smallest absolute Gasteiger partial charge is 0.320 e. The average Bonchev–Trinajstić information content (AvgIpc) is 2.73. The van der Waals surface area contributed by atoms with Crippen molar-refractivity contribution in [3.8, 4) is 0 Å². The molecule has 1 aliphatic rings. The van der Waals surface area contributed by atoms with Crippen LogP contribution in [0.4, 0.5) is 10.6 Å². The van der Waals surface area contributed by atoms with Crippen LogP contribution in [0.15, 0.2) is 61.1 Å². The van der Waals surface area contributed by atoms with Crippen molar-refractivity contribution in [3.05, 3.63) is 66.6 Å². The number of hydrogen-bond acceptors (Lipinski definition) is 3. The first-order valence-corrected chi connectivity index (χ1v) is 9.56. The number of nitrogens with zero attached hydrogens (tertiary/aromatic N) is 2. The van der Waals surface area contributed by atoms with Crippen molar-refractivity contribution in [3.63, 3.8) is 0 Å². The van der Waals surface area contributed by atoms with E-state index in [1.165, 1.54) is 35.6 Å². The van der Waals surface area contributed by atoms with E-state index in [0.717, 1.165) is 12.8 Å². The van der Waals surface area contributed by atoms with Crippen LogP contribution in [-0.4, -0.2) is 22.5 Å². The summed E-state index contributed by atoms with van der Waals surface area (Å²) in [5, 5.41) is 8.39. The van der Waals surface area contributed by atoms with Crippen molar-refractivity contribution in [1.82, 2.24) is 15.3 Å². The van der Waals surface area contributed by atoms with Gasteiger partial charge in [-0.25, -0.2) is 9.78 Å². The summed E-state index contributed by atoms with van der Waals surface area (Å²) in [6, 6.07) is 14.8. The summed E-state index contributed by atoms with van der Waals surface area (Å²) in [5.74, 6) is 0.456. The molecule has 2 amide bonds. The van der Waals surface area contributed by atoms with Gasteiger partial charge in [-0.1, -0.05) is 61.7 Å². The van der Waals surface area contributed by atoms with E-state index in [-0.39, 0.29) is 11.4 Å². The molecule has 27 heavy (non-hydrogen) atoms. The predicted molar refractivity (Wildman–Crippen MR) is 108 cm³/mol. The molecular formula is C22H24N4O. The van der Waals surface area contributed by atoms with Crippen LogP contribution in [-0.2, 0) is 5.41 Å². The standard InChI is InChI=1S/C22H24N4O/c27-21(26-20-15-23-13-14-24-20)25-16-22(11-4-1-5-12-22)19-10-6-8-17-7-2-3-9-18(17)19/h2-3,6-10,13-15H,1,4-5,11-12,16H2,(H2,24,25,26,27). The van der Waals surface area contributed by atoms with Gasteiger partial charge in [0.15, 0.2) is 5.82 Å². The molecule has 5 nitrogen and oxygen atoms in total. The number of carbonyl (C=O) groups is 1. The Morgan fingerprint density at radius 2 is 1.81 bits per heavy atom. The maximum atomic E-state index is 12.4. The first-order chi connectivity index (χ1) is 13.3. The number of anilines is 1. The molecule has 1 heterocycles. The molecule has 2 aromatic carbocycles. The molecule has 0 unspecified atom stereocenters. The molecule has 1 saturated carbocycles. The summed E-state index contributed by atoms with van der Waals surface area (Å²) in [6.45, 7) is 0.618. The third kappa shape index (κ3) is 3.77. The molecule has 1 fully saturated rings. The molecule has 0 aliphatic heterocycles. The third-order valence-corrected chi connectivity index (χ3v) is 5.56. The second kappa shape index (κ2) is 7.74. The average molecular weight is 360 g/mol. The van der Waals surface area contributed by atoms with Gasteiger partial charge in [0, 0.05) is 24.4 Å². The predicted octanol–water partition coefficient (Wildman–Crippen LogP) is 4.65. The molecule has 0 bridgehead atoms. The van der Waals surface area contributed by atoms with Gasteiger partial charge >= 0.3 is 6.03 Å². The summed E-state index contributed by atoms with van der Waals surface area (Å²) in [7, 11) is 0. The number of rotatable bonds is 4. The number of carbonyl (C=O) groups excluding carboxylic acids is 1. The Morgan fingerprint density at radius 1 is 1.00 bits per heavy atom. The van der Waals surface area contributed by atoms with Crippen LogP contribution in [0, 0.1) is 0 Å². The highest BCUT2D eigenvalue weighted by Gasteiger charge is 2.35. The van der Waals surface area contributed by atoms with Crippen LogP contribution in [0.5, 0.6) is 0 Å². The lowest BCUT2D eigenvalue weighted by Gasteiger charge is -2.39. The fourth-order valence-corrected chi connectivity index (χ4v) is 4.23. The van der Waals surface area contributed by atoms with Gasteiger partial charge in [0.1, 0.15) is 0 Å². The topological polar surface area (TPSA) is 66.9 Å². The van der Waals surface area contributed by atoms with Gasteiger partial charge < -0.3 is 5.32 Å². The molecule has 138 valence electrons. The zero-order chi connectivity index (χ0) is 18.5. The van der Waals surface area contributed by atoms with Crippen molar-refractivity contribution < 1.29 is 4.79 Å². The quantitative estimate of drug-likeness (QED) is 0.711. The Morgan fingerprint density at radius 3 is 2.63 bits per heavy atom. The van der Waals surface area contributed by atoms with Crippen LogP contribution in [0.25, 0.3) is 10.8 Å². The van der Waals surface area contributed by atoms with Crippen molar-refractivity contribution in [2.75, 3.05) is 11.9 Å². The SMILES string of the molecule is O=C(NCC1(c2cccc3ccccc23)CCCCC1)Nc1cnccn1. The first-order valence-electron chi connectivity index (χ1n) is 9.56. The summed E-state index contributed by atoms with van der Waals surface area (Å²) >= 11 is 0. The minimum Gasteiger partial charge on any atom is -0.337 e. The van der Waals surface area contributed by atoms with E-state index < -0.39 is 0 Å². The van der Waals surface area contributed by atoms with Crippen LogP contribution >= 0.6 is 0 Å². The normalized spacial score (nSPS) is 16.0. The molecule has 0 atom stereocenters. The third-order valence-electron chi connectivity index (χ3n) is 5.56. The van der Waals surface area contributed by atoms with Gasteiger partial charge in [0.25, 0.3) is 0 Å². The van der Waals surface area contributed by atoms with Crippen molar-refractivity contribution in [1.29, 1.82) is 0 Å². The maximum absolute atomic E-state index is 12.4. The number of aromatic nitrogens is 2. The number of fused-ring (bicyclic) bond motifs is 1. The van der Waals surface area contributed by atoms with Gasteiger partial charge in [-0.2, -0.15) is 0 Å².